The Bertz CT molecular complexity index is 905. The summed E-state index contributed by atoms with van der Waals surface area (Å²) in [5.74, 6) is 0.189. The van der Waals surface area contributed by atoms with Crippen molar-refractivity contribution in [3.63, 3.8) is 0 Å². The van der Waals surface area contributed by atoms with E-state index in [4.69, 9.17) is 20.3 Å². The summed E-state index contributed by atoms with van der Waals surface area (Å²) < 4.78 is 27.4. The van der Waals surface area contributed by atoms with Gasteiger partial charge in [-0.2, -0.15) is 0 Å². The van der Waals surface area contributed by atoms with Gasteiger partial charge in [0, 0.05) is 6.42 Å². The third-order valence-corrected chi connectivity index (χ3v) is 6.26. The van der Waals surface area contributed by atoms with Crippen LogP contribution < -0.4 is 5.73 Å². The van der Waals surface area contributed by atoms with Crippen molar-refractivity contribution in [3.05, 3.63) is 12.7 Å². The molecule has 1 aliphatic rings. The lowest BCUT2D eigenvalue weighted by atomic mass is 10.2. The zero-order valence-corrected chi connectivity index (χ0v) is 15.5. The van der Waals surface area contributed by atoms with Crippen LogP contribution in [0.3, 0.4) is 0 Å². The van der Waals surface area contributed by atoms with Gasteiger partial charge in [-0.1, -0.05) is 0 Å². The van der Waals surface area contributed by atoms with Crippen LogP contribution in [0.25, 0.3) is 11.2 Å². The third kappa shape index (κ3) is 4.43. The van der Waals surface area contributed by atoms with E-state index in [1.165, 1.54) is 17.2 Å². The third-order valence-electron chi connectivity index (χ3n) is 3.51. The van der Waals surface area contributed by atoms with Gasteiger partial charge in [0.15, 0.2) is 11.5 Å². The highest BCUT2D eigenvalue weighted by atomic mass is 32.5. The Hall–Kier alpha value is -1.05. The fourth-order valence-corrected chi connectivity index (χ4v) is 4.80. The minimum Gasteiger partial charge on any atom is -0.390 e. The van der Waals surface area contributed by atoms with Crippen LogP contribution in [0.4, 0.5) is 5.82 Å². The highest BCUT2D eigenvalue weighted by Gasteiger charge is 2.38. The molecule has 0 radical (unpaired) electrons. The number of hydrogen-bond acceptors (Lipinski definition) is 10. The topological polar surface area (TPSA) is 195 Å². The number of anilines is 1. The Kier molecular flexibility index (Phi) is 5.43. The van der Waals surface area contributed by atoms with Crippen LogP contribution in [0, 0.1) is 0 Å². The number of imidazole rings is 1. The lowest BCUT2D eigenvalue weighted by Gasteiger charge is -2.18. The van der Waals surface area contributed by atoms with E-state index in [2.05, 4.69) is 35.6 Å². The first-order valence-corrected chi connectivity index (χ1v) is 11.2. The largest absolute Gasteiger partial charge is 0.479 e. The summed E-state index contributed by atoms with van der Waals surface area (Å²) in [7, 11) is -4.82. The number of nitrogen functional groups attached to an aromatic ring is 1. The number of nitrogens with zero attached hydrogens (tertiary/aromatic N) is 4. The SMILES string of the molecule is Nc1ncnc2c1ncn2[C@H]1C[C@H](O)[C@@H](COP(=O)(O)OP(O)(O)=S)O1. The minimum atomic E-state index is -4.82. The molecule has 26 heavy (non-hydrogen) atoms. The maximum absolute atomic E-state index is 11.6. The number of aliphatic hydroxyl groups excluding tert-OH is 1. The molecule has 0 aliphatic carbocycles. The Morgan fingerprint density at radius 2 is 2.12 bits per heavy atom. The van der Waals surface area contributed by atoms with Gasteiger partial charge in [0.05, 0.1) is 19.0 Å². The average Bonchev–Trinajstić information content (AvgIpc) is 3.07. The molecule has 3 rings (SSSR count). The predicted octanol–water partition coefficient (Wildman–Crippen LogP) is -0.600. The van der Waals surface area contributed by atoms with Gasteiger partial charge in [-0.25, -0.2) is 23.8 Å². The van der Waals surface area contributed by atoms with Gasteiger partial charge >= 0.3 is 14.5 Å². The second kappa shape index (κ2) is 7.17. The van der Waals surface area contributed by atoms with Gasteiger partial charge in [0.25, 0.3) is 0 Å². The highest BCUT2D eigenvalue weighted by molar-refractivity contribution is 8.08. The molecule has 1 aliphatic heterocycles. The molecule has 0 spiro atoms. The maximum atomic E-state index is 11.6. The van der Waals surface area contributed by atoms with Crippen LogP contribution in [-0.4, -0.2) is 58.1 Å². The van der Waals surface area contributed by atoms with Crippen LogP contribution in [0.5, 0.6) is 0 Å². The zero-order valence-electron chi connectivity index (χ0n) is 12.9. The number of fused-ring (bicyclic) bond motifs is 1. The number of nitrogens with two attached hydrogens (primary N) is 1. The van der Waals surface area contributed by atoms with Crippen LogP contribution in [0.15, 0.2) is 12.7 Å². The molecule has 16 heteroatoms. The van der Waals surface area contributed by atoms with Crippen LogP contribution in [-0.2, 0) is 29.9 Å². The molecule has 6 N–H and O–H groups in total. The van der Waals surface area contributed by atoms with Crippen molar-refractivity contribution in [3.8, 4) is 0 Å². The molecule has 2 aromatic rings. The number of ether oxygens (including phenoxy) is 1. The van der Waals surface area contributed by atoms with E-state index in [1.807, 2.05) is 0 Å². The first-order chi connectivity index (χ1) is 12.1. The normalized spacial score (nSPS) is 26.2. The number of hydrogen-bond donors (Lipinski definition) is 5. The minimum absolute atomic E-state index is 0.123. The average molecular weight is 427 g/mol. The molecule has 1 fully saturated rings. The maximum Gasteiger partial charge on any atom is 0.479 e. The van der Waals surface area contributed by atoms with Gasteiger partial charge < -0.3 is 30.3 Å². The summed E-state index contributed by atoms with van der Waals surface area (Å²) in [6.07, 6.45) is 0.0915. The fourth-order valence-electron chi connectivity index (χ4n) is 2.44. The number of aromatic nitrogens is 4. The number of aliphatic hydroxyl groups is 1. The van der Waals surface area contributed by atoms with Crippen molar-refractivity contribution in [1.82, 2.24) is 19.5 Å². The van der Waals surface area contributed by atoms with E-state index >= 15 is 0 Å². The summed E-state index contributed by atoms with van der Waals surface area (Å²) in [5, 5.41) is 10.1. The van der Waals surface area contributed by atoms with Gasteiger partial charge in [0.2, 0.25) is 0 Å². The molecule has 0 amide bonds. The Balaban J connectivity index is 1.69. The second-order valence-corrected chi connectivity index (χ2v) is 9.61. The van der Waals surface area contributed by atoms with Crippen molar-refractivity contribution < 1.29 is 37.9 Å². The molecule has 1 unspecified atom stereocenters. The summed E-state index contributed by atoms with van der Waals surface area (Å²) >= 11 is 4.11. The first-order valence-electron chi connectivity index (χ1n) is 7.06. The summed E-state index contributed by atoms with van der Waals surface area (Å²) in [5.41, 5.74) is 6.48. The molecule has 2 aromatic heterocycles. The van der Waals surface area contributed by atoms with Gasteiger partial charge in [0.1, 0.15) is 24.2 Å². The van der Waals surface area contributed by atoms with Crippen molar-refractivity contribution >= 4 is 43.3 Å². The van der Waals surface area contributed by atoms with E-state index in [9.17, 15) is 14.6 Å². The first kappa shape index (κ1) is 19.7. The molecule has 144 valence electrons. The van der Waals surface area contributed by atoms with E-state index < -0.39 is 39.6 Å². The lowest BCUT2D eigenvalue weighted by Crippen LogP contribution is -2.26. The summed E-state index contributed by atoms with van der Waals surface area (Å²) in [6, 6.07) is 0. The molecule has 0 saturated carbocycles. The quantitative estimate of drug-likeness (QED) is 0.367. The second-order valence-electron chi connectivity index (χ2n) is 5.35. The smallest absolute Gasteiger partial charge is 0.390 e. The lowest BCUT2D eigenvalue weighted by molar-refractivity contribution is -0.0421. The number of phosphoric ester groups is 1. The molecule has 3 heterocycles. The molecule has 1 saturated heterocycles. The van der Waals surface area contributed by atoms with Crippen molar-refractivity contribution in [2.75, 3.05) is 12.3 Å². The Morgan fingerprint density at radius 3 is 2.81 bits per heavy atom. The Morgan fingerprint density at radius 1 is 1.38 bits per heavy atom. The van der Waals surface area contributed by atoms with E-state index in [-0.39, 0.29) is 12.2 Å². The molecule has 0 aromatic carbocycles. The summed E-state index contributed by atoms with van der Waals surface area (Å²) in [6.45, 7) is -4.95. The molecule has 4 atom stereocenters. The van der Waals surface area contributed by atoms with Gasteiger partial charge in [-0.15, -0.1) is 0 Å². The Labute approximate surface area is 151 Å². The van der Waals surface area contributed by atoms with Crippen molar-refractivity contribution in [2.45, 2.75) is 24.9 Å². The number of rotatable bonds is 6. The van der Waals surface area contributed by atoms with Gasteiger partial charge in [-0.3, -0.25) is 9.09 Å². The van der Waals surface area contributed by atoms with E-state index in [0.717, 1.165) is 0 Å². The van der Waals surface area contributed by atoms with Crippen LogP contribution in [0.1, 0.15) is 12.6 Å². The van der Waals surface area contributed by atoms with E-state index in [0.29, 0.717) is 11.2 Å². The predicted molar refractivity (Wildman–Crippen MR) is 89.9 cm³/mol. The molecule has 0 bridgehead atoms. The highest BCUT2D eigenvalue weighted by Crippen LogP contribution is 2.58. The summed E-state index contributed by atoms with van der Waals surface area (Å²) in [4.78, 5) is 39.2. The molecular formula is C10H15N5O8P2S. The monoisotopic (exact) mass is 427 g/mol. The standard InChI is InChI=1S/C10H15N5O8P2S/c11-9-8-10(13-3-12-9)15(4-14-8)7-1-5(16)6(22-7)2-21-24(17,18)23-25(19,20)26/h3-7,16H,1-2H2,(H,17,18)(H2,11,12,13)(H2,19,20,26)/t5-,6+,7+/m0/s1. The van der Waals surface area contributed by atoms with E-state index in [1.54, 1.807) is 0 Å². The van der Waals surface area contributed by atoms with Crippen molar-refractivity contribution in [1.29, 1.82) is 0 Å². The molecular weight excluding hydrogens is 412 g/mol. The van der Waals surface area contributed by atoms with Gasteiger partial charge in [-0.05, 0) is 11.8 Å². The zero-order chi connectivity index (χ0) is 19.1. The van der Waals surface area contributed by atoms with Crippen LogP contribution in [0.2, 0.25) is 0 Å². The molecule has 13 nitrogen and oxygen atoms in total. The van der Waals surface area contributed by atoms with Crippen LogP contribution >= 0.6 is 14.5 Å². The van der Waals surface area contributed by atoms with Crippen molar-refractivity contribution in [2.24, 2.45) is 0 Å². The number of phosphoric acid groups is 1. The fraction of sp³-hybridized carbons (Fsp3) is 0.500.